The van der Waals surface area contributed by atoms with Gasteiger partial charge in [-0.2, -0.15) is 0 Å². The van der Waals surface area contributed by atoms with Crippen molar-refractivity contribution in [2.45, 2.75) is 51.9 Å². The Hall–Kier alpha value is -0.380. The Bertz CT molecular complexity index is 441. The molecule has 0 saturated carbocycles. The summed E-state index contributed by atoms with van der Waals surface area (Å²) in [5.74, 6) is 0. The van der Waals surface area contributed by atoms with Crippen molar-refractivity contribution in [3.05, 3.63) is 21.4 Å². The molecule has 0 atom stereocenters. The van der Waals surface area contributed by atoms with Crippen LogP contribution in [0.2, 0.25) is 0 Å². The Kier molecular flexibility index (Phi) is 7.66. The second kappa shape index (κ2) is 8.72. The Morgan fingerprint density at radius 2 is 1.68 bits per heavy atom. The van der Waals surface area contributed by atoms with Crippen LogP contribution < -0.4 is 0 Å². The zero-order valence-electron chi connectivity index (χ0n) is 11.0. The van der Waals surface area contributed by atoms with E-state index >= 15 is 0 Å². The summed E-state index contributed by atoms with van der Waals surface area (Å²) in [5.41, 5.74) is 0.851. The first-order chi connectivity index (χ1) is 9.06. The summed E-state index contributed by atoms with van der Waals surface area (Å²) in [6.07, 6.45) is 7.89. The van der Waals surface area contributed by atoms with Crippen molar-refractivity contribution in [3.8, 4) is 0 Å². The molecule has 0 amide bonds. The van der Waals surface area contributed by atoms with Gasteiger partial charge in [0.2, 0.25) is 0 Å². The number of aryl methyl sites for hydroxylation is 1. The van der Waals surface area contributed by atoms with Gasteiger partial charge in [0.25, 0.3) is 10.5 Å². The van der Waals surface area contributed by atoms with E-state index in [-0.39, 0.29) is 0 Å². The number of unbranched alkanes of at least 4 members (excludes halogenated alkanes) is 5. The fraction of sp³-hybridized carbons (Fsp3) is 0.571. The van der Waals surface area contributed by atoms with E-state index in [4.69, 9.17) is 23.2 Å². The SMILES string of the molecule is CCCCCCCCc1cc(C(=O)Cl)sc1C(=O)Cl. The van der Waals surface area contributed by atoms with Crippen LogP contribution in [0, 0.1) is 0 Å². The molecule has 0 aromatic carbocycles. The Labute approximate surface area is 128 Å². The highest BCUT2D eigenvalue weighted by Crippen LogP contribution is 2.27. The van der Waals surface area contributed by atoms with Gasteiger partial charge in [0.15, 0.2) is 0 Å². The standard InChI is InChI=1S/C14H18Cl2O2S/c1-2-3-4-5-6-7-8-10-9-11(13(15)17)19-12(10)14(16)18/h9H,2-8H2,1H3. The average molecular weight is 321 g/mol. The van der Waals surface area contributed by atoms with Gasteiger partial charge in [-0.3, -0.25) is 9.59 Å². The first-order valence-electron chi connectivity index (χ1n) is 6.58. The molecular weight excluding hydrogens is 303 g/mol. The molecule has 1 aromatic rings. The summed E-state index contributed by atoms with van der Waals surface area (Å²) in [5, 5.41) is -1.03. The lowest BCUT2D eigenvalue weighted by atomic mass is 10.1. The topological polar surface area (TPSA) is 34.1 Å². The quantitative estimate of drug-likeness (QED) is 0.450. The van der Waals surface area contributed by atoms with Gasteiger partial charge in [-0.15, -0.1) is 11.3 Å². The van der Waals surface area contributed by atoms with Crippen LogP contribution in [0.5, 0.6) is 0 Å². The number of rotatable bonds is 9. The first-order valence-corrected chi connectivity index (χ1v) is 8.15. The second-order valence-electron chi connectivity index (χ2n) is 4.53. The van der Waals surface area contributed by atoms with Gasteiger partial charge in [-0.25, -0.2) is 0 Å². The molecule has 1 aromatic heterocycles. The predicted octanol–water partition coefficient (Wildman–Crippen LogP) is 5.41. The number of hydrogen-bond donors (Lipinski definition) is 0. The number of hydrogen-bond acceptors (Lipinski definition) is 3. The largest absolute Gasteiger partial charge is 0.275 e. The minimum atomic E-state index is -0.529. The van der Waals surface area contributed by atoms with Crippen molar-refractivity contribution in [3.63, 3.8) is 0 Å². The lowest BCUT2D eigenvalue weighted by molar-refractivity contribution is 0.107. The second-order valence-corrected chi connectivity index (χ2v) is 6.27. The van der Waals surface area contributed by atoms with Gasteiger partial charge >= 0.3 is 0 Å². The number of carbonyl (C=O) groups is 2. The first kappa shape index (κ1) is 16.7. The summed E-state index contributed by atoms with van der Waals surface area (Å²) < 4.78 is 0. The molecule has 0 saturated heterocycles. The van der Waals surface area contributed by atoms with Crippen molar-refractivity contribution >= 4 is 45.0 Å². The third kappa shape index (κ3) is 5.64. The predicted molar refractivity (Wildman–Crippen MR) is 81.8 cm³/mol. The molecule has 0 unspecified atom stereocenters. The summed E-state index contributed by atoms with van der Waals surface area (Å²) in [6.45, 7) is 2.19. The molecule has 2 nitrogen and oxygen atoms in total. The lowest BCUT2D eigenvalue weighted by Gasteiger charge is -2.01. The zero-order valence-corrected chi connectivity index (χ0v) is 13.3. The number of thiophene rings is 1. The van der Waals surface area contributed by atoms with E-state index in [0.29, 0.717) is 9.75 Å². The molecule has 0 aliphatic heterocycles. The molecule has 1 heterocycles. The van der Waals surface area contributed by atoms with Crippen LogP contribution in [0.3, 0.4) is 0 Å². The number of carbonyl (C=O) groups excluding carboxylic acids is 2. The molecule has 0 N–H and O–H groups in total. The Morgan fingerprint density at radius 3 is 2.26 bits per heavy atom. The van der Waals surface area contributed by atoms with E-state index in [0.717, 1.165) is 36.2 Å². The van der Waals surface area contributed by atoms with Crippen molar-refractivity contribution in [2.75, 3.05) is 0 Å². The lowest BCUT2D eigenvalue weighted by Crippen LogP contribution is -1.92. The van der Waals surface area contributed by atoms with Gasteiger partial charge in [-0.05, 0) is 47.7 Å². The molecule has 1 rings (SSSR count). The average Bonchev–Trinajstić information content (AvgIpc) is 2.78. The van der Waals surface area contributed by atoms with Crippen molar-refractivity contribution < 1.29 is 9.59 Å². The minimum Gasteiger partial charge on any atom is -0.275 e. The summed E-state index contributed by atoms with van der Waals surface area (Å²) in [7, 11) is 0. The zero-order chi connectivity index (χ0) is 14.3. The molecule has 19 heavy (non-hydrogen) atoms. The van der Waals surface area contributed by atoms with Crippen LogP contribution in [-0.4, -0.2) is 10.5 Å². The Balaban J connectivity index is 2.52. The van der Waals surface area contributed by atoms with Crippen molar-refractivity contribution in [2.24, 2.45) is 0 Å². The van der Waals surface area contributed by atoms with E-state index in [1.165, 1.54) is 25.7 Å². The molecule has 0 spiro atoms. The fourth-order valence-corrected chi connectivity index (χ4v) is 3.25. The monoisotopic (exact) mass is 320 g/mol. The van der Waals surface area contributed by atoms with Gasteiger partial charge in [0, 0.05) is 0 Å². The van der Waals surface area contributed by atoms with Crippen molar-refractivity contribution in [1.29, 1.82) is 0 Å². The van der Waals surface area contributed by atoms with Crippen LogP contribution in [0.25, 0.3) is 0 Å². The van der Waals surface area contributed by atoms with Crippen LogP contribution in [0.15, 0.2) is 6.07 Å². The van der Waals surface area contributed by atoms with E-state index in [1.54, 1.807) is 6.07 Å². The maximum Gasteiger partial charge on any atom is 0.262 e. The molecule has 5 heteroatoms. The van der Waals surface area contributed by atoms with E-state index < -0.39 is 10.5 Å². The smallest absolute Gasteiger partial charge is 0.262 e. The molecular formula is C14H18Cl2O2S. The third-order valence-corrected chi connectivity index (χ3v) is 4.77. The third-order valence-electron chi connectivity index (χ3n) is 2.98. The molecule has 0 radical (unpaired) electrons. The van der Waals surface area contributed by atoms with Crippen LogP contribution >= 0.6 is 34.5 Å². The molecule has 0 fully saturated rings. The molecule has 106 valence electrons. The van der Waals surface area contributed by atoms with Crippen LogP contribution in [0.4, 0.5) is 0 Å². The highest BCUT2D eigenvalue weighted by molar-refractivity contribution is 7.19. The minimum absolute atomic E-state index is 0.395. The fourth-order valence-electron chi connectivity index (χ4n) is 1.97. The summed E-state index contributed by atoms with van der Waals surface area (Å²) >= 11 is 12.0. The highest BCUT2D eigenvalue weighted by atomic mass is 35.5. The molecule has 0 aliphatic carbocycles. The summed E-state index contributed by atoms with van der Waals surface area (Å²) in [6, 6.07) is 1.70. The van der Waals surface area contributed by atoms with Crippen molar-refractivity contribution in [1.82, 2.24) is 0 Å². The van der Waals surface area contributed by atoms with Gasteiger partial charge in [0.1, 0.15) is 0 Å². The molecule has 0 aliphatic rings. The van der Waals surface area contributed by atoms with E-state index in [9.17, 15) is 9.59 Å². The van der Waals surface area contributed by atoms with E-state index in [2.05, 4.69) is 6.92 Å². The van der Waals surface area contributed by atoms with Gasteiger partial charge in [-0.1, -0.05) is 39.0 Å². The molecule has 0 bridgehead atoms. The number of halogens is 2. The highest BCUT2D eigenvalue weighted by Gasteiger charge is 2.16. The summed E-state index contributed by atoms with van der Waals surface area (Å²) in [4.78, 5) is 23.3. The van der Waals surface area contributed by atoms with Crippen LogP contribution in [-0.2, 0) is 6.42 Å². The van der Waals surface area contributed by atoms with E-state index in [1.807, 2.05) is 0 Å². The Morgan fingerprint density at radius 1 is 1.05 bits per heavy atom. The van der Waals surface area contributed by atoms with Crippen LogP contribution in [0.1, 0.15) is 70.4 Å². The maximum absolute atomic E-state index is 11.3. The van der Waals surface area contributed by atoms with Gasteiger partial charge < -0.3 is 0 Å². The van der Waals surface area contributed by atoms with Gasteiger partial charge in [0.05, 0.1) is 9.75 Å². The normalized spacial score (nSPS) is 10.7. The maximum atomic E-state index is 11.3.